The largest absolute Gasteiger partial charge is 0.489 e. The second kappa shape index (κ2) is 13.9. The predicted molar refractivity (Wildman–Crippen MR) is 194 cm³/mol. The van der Waals surface area contributed by atoms with Crippen molar-refractivity contribution in [3.05, 3.63) is 54.1 Å². The van der Waals surface area contributed by atoms with E-state index in [-0.39, 0.29) is 44.5 Å². The zero-order valence-electron chi connectivity index (χ0n) is 30.9. The normalized spacial score (nSPS) is 30.2. The van der Waals surface area contributed by atoms with Crippen LogP contribution in [0.5, 0.6) is 5.75 Å². The number of amides is 5. The first-order chi connectivity index (χ1) is 25.5. The Kier molecular flexibility index (Phi) is 9.72. The maximum absolute atomic E-state index is 14.5. The van der Waals surface area contributed by atoms with Crippen molar-refractivity contribution >= 4 is 39.9 Å². The Morgan fingerprint density at radius 1 is 1.07 bits per heavy atom. The third-order valence-corrected chi connectivity index (χ3v) is 13.3. The summed E-state index contributed by atoms with van der Waals surface area (Å²) in [4.78, 5) is 71.9. The van der Waals surface area contributed by atoms with Crippen molar-refractivity contribution in [1.29, 1.82) is 0 Å². The van der Waals surface area contributed by atoms with Crippen molar-refractivity contribution in [2.24, 2.45) is 16.7 Å². The van der Waals surface area contributed by atoms with Crippen molar-refractivity contribution in [1.82, 2.24) is 25.2 Å². The first kappa shape index (κ1) is 37.7. The molecule has 54 heavy (non-hydrogen) atoms. The summed E-state index contributed by atoms with van der Waals surface area (Å²) in [5.74, 6) is -2.10. The average Bonchev–Trinajstić information content (AvgIpc) is 4.07. The Balaban J connectivity index is 1.16. The summed E-state index contributed by atoms with van der Waals surface area (Å²) >= 11 is 0. The molecule has 1 saturated heterocycles. The van der Waals surface area contributed by atoms with E-state index in [1.54, 1.807) is 20.8 Å². The molecule has 15 nitrogen and oxygen atoms in total. The van der Waals surface area contributed by atoms with Gasteiger partial charge < -0.3 is 29.7 Å². The molecule has 1 aromatic carbocycles. The first-order valence-corrected chi connectivity index (χ1v) is 20.2. The van der Waals surface area contributed by atoms with Crippen LogP contribution >= 0.6 is 0 Å². The Labute approximate surface area is 315 Å². The van der Waals surface area contributed by atoms with Gasteiger partial charge in [-0.15, -0.1) is 6.58 Å². The number of allylic oxidation sites excluding steroid dienone is 1. The average molecular weight is 768 g/mol. The van der Waals surface area contributed by atoms with Gasteiger partial charge in [0.15, 0.2) is 0 Å². The van der Waals surface area contributed by atoms with Crippen molar-refractivity contribution in [3.8, 4) is 5.75 Å². The minimum atomic E-state index is -3.92. The summed E-state index contributed by atoms with van der Waals surface area (Å²) in [6.07, 6.45) is 6.43. The van der Waals surface area contributed by atoms with E-state index in [0.29, 0.717) is 31.6 Å². The molecule has 3 aliphatic heterocycles. The van der Waals surface area contributed by atoms with Crippen molar-refractivity contribution in [2.75, 3.05) is 19.8 Å². The van der Waals surface area contributed by atoms with Gasteiger partial charge in [0, 0.05) is 29.9 Å². The molecule has 292 valence electrons. The van der Waals surface area contributed by atoms with Crippen LogP contribution in [0.15, 0.2) is 43.0 Å². The van der Waals surface area contributed by atoms with E-state index in [2.05, 4.69) is 21.9 Å². The van der Waals surface area contributed by atoms with Crippen molar-refractivity contribution < 1.29 is 46.6 Å². The molecular weight excluding hydrogens is 719 g/mol. The molecule has 3 heterocycles. The van der Waals surface area contributed by atoms with E-state index in [4.69, 9.17) is 14.2 Å². The highest BCUT2D eigenvalue weighted by Gasteiger charge is 2.62. The van der Waals surface area contributed by atoms with E-state index < -0.39 is 80.2 Å². The van der Waals surface area contributed by atoms with E-state index in [1.807, 2.05) is 30.4 Å². The van der Waals surface area contributed by atoms with Crippen LogP contribution in [0.4, 0.5) is 9.59 Å². The Hall–Kier alpha value is -4.60. The lowest BCUT2D eigenvalue weighted by Crippen LogP contribution is -2.60. The van der Waals surface area contributed by atoms with Gasteiger partial charge in [0.1, 0.15) is 36.1 Å². The summed E-state index contributed by atoms with van der Waals surface area (Å²) in [5, 5.41) is 4.82. The lowest BCUT2D eigenvalue weighted by Gasteiger charge is -2.35. The molecule has 1 spiro atoms. The number of carbonyl (C=O) groups excluding carboxylic acids is 5. The summed E-state index contributed by atoms with van der Waals surface area (Å²) < 4.78 is 45.2. The molecule has 4 fully saturated rings. The van der Waals surface area contributed by atoms with E-state index in [0.717, 1.165) is 24.0 Å². The maximum atomic E-state index is 14.5. The number of carbonyl (C=O) groups is 5. The molecule has 0 radical (unpaired) electrons. The molecule has 5 atom stereocenters. The molecule has 3 aliphatic carbocycles. The number of alkyl carbamates (subject to hydrolysis) is 1. The molecule has 0 aromatic heterocycles. The fourth-order valence-corrected chi connectivity index (χ4v) is 8.95. The van der Waals surface area contributed by atoms with Crippen LogP contribution in [0, 0.1) is 16.7 Å². The van der Waals surface area contributed by atoms with Crippen LogP contribution < -0.4 is 20.1 Å². The van der Waals surface area contributed by atoms with Gasteiger partial charge in [0.25, 0.3) is 5.91 Å². The summed E-state index contributed by atoms with van der Waals surface area (Å²) in [6.45, 7) is 9.91. The van der Waals surface area contributed by atoms with Gasteiger partial charge in [-0.3, -0.25) is 24.0 Å². The lowest BCUT2D eigenvalue weighted by atomic mass is 9.85. The number of hydrogen-bond acceptors (Lipinski definition) is 10. The number of fused-ring (bicyclic) bond motifs is 3. The maximum Gasteiger partial charge on any atom is 0.410 e. The molecule has 7 rings (SSSR count). The van der Waals surface area contributed by atoms with Crippen LogP contribution in [0.25, 0.3) is 0 Å². The molecule has 3 saturated carbocycles. The van der Waals surface area contributed by atoms with Gasteiger partial charge in [-0.25, -0.2) is 18.0 Å². The SMILES string of the molecule is C=C[C@H]1C[C@@]1(NC(=O)C1C[C@@H]2CN1C(=O)[C@H](C(C)(C)C)NC(=O)OCC1(C/C=C/COc3cccc4c3CN(C4)C(=O)O2)CC1)C(=O)NS(=O)(=O)C1CC1. The fourth-order valence-electron chi connectivity index (χ4n) is 7.58. The minimum absolute atomic E-state index is 0.106. The Morgan fingerprint density at radius 2 is 1.83 bits per heavy atom. The minimum Gasteiger partial charge on any atom is -0.489 e. The number of rotatable bonds is 6. The third-order valence-electron chi connectivity index (χ3n) is 11.5. The number of nitrogens with one attached hydrogen (secondary N) is 3. The monoisotopic (exact) mass is 767 g/mol. The quantitative estimate of drug-likeness (QED) is 0.363. The second-order valence-corrected chi connectivity index (χ2v) is 18.6. The summed E-state index contributed by atoms with van der Waals surface area (Å²) in [6, 6.07) is 3.27. The number of ether oxygens (including phenoxy) is 3. The standard InChI is InChI=1S/C38H49N5O10S/c1-5-24-18-38(24,33(46)41-54(49,50)26-11-12-26)40-31(44)28-17-25-20-43(28)32(45)30(36(2,3)4)39-34(47)52-22-37(14-15-37)13-6-7-16-51-29-10-8-9-23-19-42(21-27(23)29)35(48)53-25/h5-10,24-26,28,30H,1,11-22H2,2-4H3,(H,39,47)(H,40,44)(H,41,46)/b7-6+/t24-,25+,28?,30+,38-/m0/s1. The number of nitrogens with zero attached hydrogens (tertiary/aromatic N) is 2. The lowest BCUT2D eigenvalue weighted by molar-refractivity contribution is -0.143. The van der Waals surface area contributed by atoms with Gasteiger partial charge in [-0.1, -0.05) is 51.1 Å². The number of benzene rings is 1. The van der Waals surface area contributed by atoms with Crippen molar-refractivity contribution in [3.63, 3.8) is 0 Å². The topological polar surface area (TPSA) is 190 Å². The first-order valence-electron chi connectivity index (χ1n) is 18.6. The number of sulfonamides is 1. The van der Waals surface area contributed by atoms with Gasteiger partial charge in [-0.05, 0) is 55.6 Å². The van der Waals surface area contributed by atoms with E-state index in [1.165, 1.54) is 15.9 Å². The van der Waals surface area contributed by atoms with Crippen LogP contribution in [0.3, 0.4) is 0 Å². The van der Waals surface area contributed by atoms with Gasteiger partial charge >= 0.3 is 12.2 Å². The molecule has 1 unspecified atom stereocenters. The highest BCUT2D eigenvalue weighted by atomic mass is 32.2. The highest BCUT2D eigenvalue weighted by Crippen LogP contribution is 2.49. The molecular formula is C38H49N5O10S. The molecule has 1 aromatic rings. The number of hydrogen-bond donors (Lipinski definition) is 3. The Bertz CT molecular complexity index is 1880. The zero-order valence-corrected chi connectivity index (χ0v) is 31.7. The van der Waals surface area contributed by atoms with Crippen LogP contribution in [0.2, 0.25) is 0 Å². The smallest absolute Gasteiger partial charge is 0.410 e. The van der Waals surface area contributed by atoms with Crippen molar-refractivity contribution in [2.45, 2.75) is 108 Å². The molecule has 16 heteroatoms. The van der Waals surface area contributed by atoms with Gasteiger partial charge in [-0.2, -0.15) is 0 Å². The summed E-state index contributed by atoms with van der Waals surface area (Å²) in [5.41, 5.74) is -0.844. The summed E-state index contributed by atoms with van der Waals surface area (Å²) in [7, 11) is -3.92. The van der Waals surface area contributed by atoms with E-state index in [9.17, 15) is 32.4 Å². The molecule has 6 aliphatic rings. The molecule has 3 N–H and O–H groups in total. The Morgan fingerprint density at radius 3 is 2.50 bits per heavy atom. The fraction of sp³-hybridized carbons (Fsp3) is 0.605. The second-order valence-electron chi connectivity index (χ2n) is 16.7. The van der Waals surface area contributed by atoms with Crippen LogP contribution in [-0.2, 0) is 47.0 Å². The highest BCUT2D eigenvalue weighted by molar-refractivity contribution is 7.91. The molecule has 4 bridgehead atoms. The number of cyclic esters (lactones) is 1. The van der Waals surface area contributed by atoms with Crippen LogP contribution in [-0.4, -0.2) is 96.9 Å². The molecule has 5 amide bonds. The van der Waals surface area contributed by atoms with Gasteiger partial charge in [0.05, 0.1) is 24.9 Å². The van der Waals surface area contributed by atoms with Gasteiger partial charge in [0.2, 0.25) is 21.8 Å². The zero-order chi connectivity index (χ0) is 38.6. The van der Waals surface area contributed by atoms with Crippen LogP contribution in [0.1, 0.15) is 76.8 Å². The third kappa shape index (κ3) is 7.66. The van der Waals surface area contributed by atoms with E-state index >= 15 is 0 Å². The predicted octanol–water partition coefficient (Wildman–Crippen LogP) is 3.04.